The Morgan fingerprint density at radius 1 is 0.889 bits per heavy atom. The van der Waals surface area contributed by atoms with Gasteiger partial charge in [0.1, 0.15) is 35.2 Å². The molecule has 0 fully saturated rings. The number of rotatable bonds is 6. The van der Waals surface area contributed by atoms with Gasteiger partial charge in [0.05, 0.1) is 0 Å². The van der Waals surface area contributed by atoms with Gasteiger partial charge in [-0.15, -0.1) is 0 Å². The lowest BCUT2D eigenvalue weighted by molar-refractivity contribution is -0.152. The number of anilines is 2. The third-order valence-electron chi connectivity index (χ3n) is 4.87. The standard InChI is InChI=1S/C27H25F3N2O4/c1-16(33)31-20-10-8-17(9-11-20)18-6-5-7-21(12-18)32(15-24(34)36-27(2,3)4)26(35)25-22(29)13-19(28)14-23(25)30/h5-14H,15H2,1-4H3,(H,31,33). The second-order valence-electron chi connectivity index (χ2n) is 9.03. The van der Waals surface area contributed by atoms with Crippen molar-refractivity contribution in [3.63, 3.8) is 0 Å². The van der Waals surface area contributed by atoms with E-state index in [9.17, 15) is 27.6 Å². The summed E-state index contributed by atoms with van der Waals surface area (Å²) in [7, 11) is 0. The second kappa shape index (κ2) is 10.6. The number of esters is 1. The lowest BCUT2D eigenvalue weighted by Crippen LogP contribution is -2.39. The van der Waals surface area contributed by atoms with E-state index in [4.69, 9.17) is 4.74 Å². The van der Waals surface area contributed by atoms with Crippen LogP contribution < -0.4 is 10.2 Å². The number of ether oxygens (including phenoxy) is 1. The van der Waals surface area contributed by atoms with E-state index < -0.39 is 47.0 Å². The van der Waals surface area contributed by atoms with E-state index in [1.54, 1.807) is 63.2 Å². The van der Waals surface area contributed by atoms with Gasteiger partial charge in [-0.25, -0.2) is 13.2 Å². The van der Waals surface area contributed by atoms with Crippen LogP contribution >= 0.6 is 0 Å². The van der Waals surface area contributed by atoms with Crippen LogP contribution in [0.1, 0.15) is 38.1 Å². The Kier molecular flexibility index (Phi) is 7.82. The van der Waals surface area contributed by atoms with Crippen LogP contribution in [0, 0.1) is 17.5 Å². The van der Waals surface area contributed by atoms with E-state index in [-0.39, 0.29) is 11.6 Å². The molecule has 0 aromatic heterocycles. The summed E-state index contributed by atoms with van der Waals surface area (Å²) in [5.41, 5.74) is 0.239. The summed E-state index contributed by atoms with van der Waals surface area (Å²) in [6.07, 6.45) is 0. The molecule has 0 spiro atoms. The van der Waals surface area contributed by atoms with Crippen molar-refractivity contribution in [3.8, 4) is 11.1 Å². The molecule has 1 N–H and O–H groups in total. The Bertz CT molecular complexity index is 1280. The van der Waals surface area contributed by atoms with Crippen LogP contribution in [0.15, 0.2) is 60.7 Å². The lowest BCUT2D eigenvalue weighted by Gasteiger charge is -2.26. The molecule has 0 unspecified atom stereocenters. The lowest BCUT2D eigenvalue weighted by atomic mass is 10.0. The minimum absolute atomic E-state index is 0.164. The van der Waals surface area contributed by atoms with Gasteiger partial charge >= 0.3 is 5.97 Å². The molecule has 2 amide bonds. The molecule has 0 radical (unpaired) electrons. The highest BCUT2D eigenvalue weighted by atomic mass is 19.1. The van der Waals surface area contributed by atoms with Gasteiger partial charge in [-0.1, -0.05) is 24.3 Å². The molecule has 0 atom stereocenters. The Morgan fingerprint density at radius 2 is 1.50 bits per heavy atom. The first kappa shape index (κ1) is 26.5. The van der Waals surface area contributed by atoms with Crippen LogP contribution in [0.25, 0.3) is 11.1 Å². The molecule has 3 aromatic carbocycles. The number of carbonyl (C=O) groups is 3. The molecule has 36 heavy (non-hydrogen) atoms. The third-order valence-corrected chi connectivity index (χ3v) is 4.87. The van der Waals surface area contributed by atoms with E-state index in [1.165, 1.54) is 13.0 Å². The number of carbonyl (C=O) groups excluding carboxylic acids is 3. The molecule has 6 nitrogen and oxygen atoms in total. The van der Waals surface area contributed by atoms with Gasteiger partial charge in [-0.05, 0) is 56.2 Å². The zero-order chi connectivity index (χ0) is 26.6. The normalized spacial score (nSPS) is 11.1. The largest absolute Gasteiger partial charge is 0.459 e. The van der Waals surface area contributed by atoms with Gasteiger partial charge < -0.3 is 10.1 Å². The topological polar surface area (TPSA) is 75.7 Å². The Hall–Kier alpha value is -4.14. The summed E-state index contributed by atoms with van der Waals surface area (Å²) < 4.78 is 47.6. The van der Waals surface area contributed by atoms with E-state index in [0.29, 0.717) is 23.4 Å². The number of nitrogens with one attached hydrogen (secondary N) is 1. The quantitative estimate of drug-likeness (QED) is 0.441. The molecule has 0 saturated carbocycles. The number of hydrogen-bond acceptors (Lipinski definition) is 4. The summed E-state index contributed by atoms with van der Waals surface area (Å²) in [5.74, 6) is -6.16. The SMILES string of the molecule is CC(=O)Nc1ccc(-c2cccc(N(CC(=O)OC(C)(C)C)C(=O)c3c(F)cc(F)cc3F)c2)cc1. The fourth-order valence-electron chi connectivity index (χ4n) is 3.47. The molecule has 0 saturated heterocycles. The summed E-state index contributed by atoms with van der Waals surface area (Å²) in [6.45, 7) is 5.67. The van der Waals surface area contributed by atoms with Crippen LogP contribution in [-0.2, 0) is 14.3 Å². The molecule has 9 heteroatoms. The average molecular weight is 499 g/mol. The maximum absolute atomic E-state index is 14.4. The molecular formula is C27H25F3N2O4. The molecule has 188 valence electrons. The number of halogens is 3. The first-order valence-corrected chi connectivity index (χ1v) is 11.0. The fraction of sp³-hybridized carbons (Fsp3) is 0.222. The Balaban J connectivity index is 2.02. The molecular weight excluding hydrogens is 473 g/mol. The average Bonchev–Trinajstić information content (AvgIpc) is 2.75. The highest BCUT2D eigenvalue weighted by Gasteiger charge is 2.29. The van der Waals surface area contributed by atoms with Crippen molar-refractivity contribution in [3.05, 3.63) is 83.7 Å². The van der Waals surface area contributed by atoms with Crippen molar-refractivity contribution in [2.45, 2.75) is 33.3 Å². The molecule has 0 aliphatic heterocycles. The minimum Gasteiger partial charge on any atom is -0.459 e. The number of hydrogen-bond donors (Lipinski definition) is 1. The Morgan fingerprint density at radius 3 is 2.06 bits per heavy atom. The fourth-order valence-corrected chi connectivity index (χ4v) is 3.47. The van der Waals surface area contributed by atoms with Crippen LogP contribution in [0.2, 0.25) is 0 Å². The van der Waals surface area contributed by atoms with Crippen molar-refractivity contribution in [2.24, 2.45) is 0 Å². The zero-order valence-corrected chi connectivity index (χ0v) is 20.2. The predicted octanol–water partition coefficient (Wildman–Crippen LogP) is 5.72. The predicted molar refractivity (Wildman–Crippen MR) is 130 cm³/mol. The van der Waals surface area contributed by atoms with Crippen LogP contribution in [0.4, 0.5) is 24.5 Å². The number of benzene rings is 3. The van der Waals surface area contributed by atoms with E-state index in [0.717, 1.165) is 10.5 Å². The maximum atomic E-state index is 14.4. The van der Waals surface area contributed by atoms with Crippen molar-refractivity contribution < 1.29 is 32.3 Å². The smallest absolute Gasteiger partial charge is 0.326 e. The Labute approximate surface area is 206 Å². The maximum Gasteiger partial charge on any atom is 0.326 e. The highest BCUT2D eigenvalue weighted by molar-refractivity contribution is 6.09. The van der Waals surface area contributed by atoms with E-state index >= 15 is 0 Å². The summed E-state index contributed by atoms with van der Waals surface area (Å²) in [4.78, 5) is 38.0. The van der Waals surface area contributed by atoms with Gasteiger partial charge in [-0.3, -0.25) is 19.3 Å². The molecule has 0 aliphatic carbocycles. The second-order valence-corrected chi connectivity index (χ2v) is 9.03. The highest BCUT2D eigenvalue weighted by Crippen LogP contribution is 2.28. The summed E-state index contributed by atoms with van der Waals surface area (Å²) in [5, 5.41) is 2.66. The zero-order valence-electron chi connectivity index (χ0n) is 20.2. The third kappa shape index (κ3) is 6.71. The van der Waals surface area contributed by atoms with Gasteiger partial charge in [0.15, 0.2) is 0 Å². The summed E-state index contributed by atoms with van der Waals surface area (Å²) in [6, 6.07) is 14.1. The first-order chi connectivity index (χ1) is 16.8. The molecule has 0 aliphatic rings. The van der Waals surface area contributed by atoms with Crippen molar-refractivity contribution >= 4 is 29.2 Å². The van der Waals surface area contributed by atoms with Gasteiger partial charge in [-0.2, -0.15) is 0 Å². The number of nitrogens with zero attached hydrogens (tertiary/aromatic N) is 1. The molecule has 3 rings (SSSR count). The van der Waals surface area contributed by atoms with E-state index in [1.807, 2.05) is 0 Å². The van der Waals surface area contributed by atoms with E-state index in [2.05, 4.69) is 5.32 Å². The van der Waals surface area contributed by atoms with Crippen LogP contribution in [0.5, 0.6) is 0 Å². The van der Waals surface area contributed by atoms with Crippen molar-refractivity contribution in [2.75, 3.05) is 16.8 Å². The van der Waals surface area contributed by atoms with Gasteiger partial charge in [0.2, 0.25) is 5.91 Å². The van der Waals surface area contributed by atoms with Crippen LogP contribution in [0.3, 0.4) is 0 Å². The van der Waals surface area contributed by atoms with Crippen molar-refractivity contribution in [1.29, 1.82) is 0 Å². The molecule has 0 bridgehead atoms. The molecule has 0 heterocycles. The van der Waals surface area contributed by atoms with Crippen LogP contribution in [-0.4, -0.2) is 29.9 Å². The van der Waals surface area contributed by atoms with Crippen molar-refractivity contribution in [1.82, 2.24) is 0 Å². The monoisotopic (exact) mass is 498 g/mol. The minimum atomic E-state index is -1.39. The first-order valence-electron chi connectivity index (χ1n) is 11.0. The number of amides is 2. The van der Waals surface area contributed by atoms with Gasteiger partial charge in [0, 0.05) is 30.4 Å². The van der Waals surface area contributed by atoms with Gasteiger partial charge in [0.25, 0.3) is 5.91 Å². The molecule has 3 aromatic rings. The summed E-state index contributed by atoms with van der Waals surface area (Å²) >= 11 is 0.